The van der Waals surface area contributed by atoms with Gasteiger partial charge in [-0.2, -0.15) is 39.5 Å². The van der Waals surface area contributed by atoms with Crippen LogP contribution in [0.25, 0.3) is 0 Å². The Labute approximate surface area is 150 Å². The van der Waals surface area contributed by atoms with Gasteiger partial charge in [-0.3, -0.25) is 4.79 Å². The Morgan fingerprint density at radius 2 is 1.36 bits per heavy atom. The minimum atomic E-state index is -5.72. The highest BCUT2D eigenvalue weighted by molar-refractivity contribution is 5.96. The number of amides is 1. The number of ether oxygens (including phenoxy) is 1. The van der Waals surface area contributed by atoms with Gasteiger partial charge in [-0.15, -0.1) is 0 Å². The highest BCUT2D eigenvalue weighted by Gasteiger charge is 2.61. The fourth-order valence-corrected chi connectivity index (χ4v) is 1.92. The average Bonchev–Trinajstić information content (AvgIpc) is 2.50. The van der Waals surface area contributed by atoms with Crippen LogP contribution in [-0.2, 0) is 26.7 Å². The van der Waals surface area contributed by atoms with Gasteiger partial charge in [-0.1, -0.05) is 0 Å². The minimum absolute atomic E-state index is 0.0396. The van der Waals surface area contributed by atoms with E-state index in [1.165, 1.54) is 5.32 Å². The predicted octanol–water partition coefficient (Wildman–Crippen LogP) is 3.52. The number of rotatable bonds is 4. The zero-order valence-electron chi connectivity index (χ0n) is 13.5. The Kier molecular flexibility index (Phi) is 6.29. The molecule has 2 N–H and O–H groups in total. The third kappa shape index (κ3) is 5.27. The van der Waals surface area contributed by atoms with Crippen molar-refractivity contribution in [2.24, 2.45) is 0 Å². The number of aliphatic hydroxyl groups is 1. The maximum absolute atomic E-state index is 12.9. The van der Waals surface area contributed by atoms with E-state index in [-0.39, 0.29) is 18.2 Å². The molecule has 0 fully saturated rings. The molecule has 0 bridgehead atoms. The molecular formula is C14H10F9NO4. The van der Waals surface area contributed by atoms with Crippen molar-refractivity contribution in [2.75, 3.05) is 12.4 Å². The van der Waals surface area contributed by atoms with Crippen LogP contribution in [0.4, 0.5) is 45.2 Å². The summed E-state index contributed by atoms with van der Waals surface area (Å²) in [4.78, 5) is 22.8. The van der Waals surface area contributed by atoms with Crippen LogP contribution in [0.2, 0.25) is 0 Å². The fraction of sp³-hybridized carbons (Fsp3) is 0.429. The van der Waals surface area contributed by atoms with E-state index in [2.05, 4.69) is 4.74 Å². The number of carbonyl (C=O) groups excluding carboxylic acids is 2. The van der Waals surface area contributed by atoms with Crippen molar-refractivity contribution >= 4 is 17.6 Å². The summed E-state index contributed by atoms with van der Waals surface area (Å²) in [7, 11) is 0.458. The van der Waals surface area contributed by atoms with Crippen molar-refractivity contribution in [1.82, 2.24) is 0 Å². The molecule has 28 heavy (non-hydrogen) atoms. The van der Waals surface area contributed by atoms with Crippen LogP contribution >= 0.6 is 0 Å². The number of esters is 1. The molecule has 0 aliphatic carbocycles. The quantitative estimate of drug-likeness (QED) is 0.570. The first-order valence-corrected chi connectivity index (χ1v) is 6.88. The van der Waals surface area contributed by atoms with E-state index in [1.54, 1.807) is 0 Å². The Hall–Kier alpha value is -2.51. The van der Waals surface area contributed by atoms with Crippen molar-refractivity contribution in [3.63, 3.8) is 0 Å². The molecule has 158 valence electrons. The van der Waals surface area contributed by atoms with Crippen LogP contribution < -0.4 is 5.32 Å². The molecule has 1 unspecified atom stereocenters. The highest BCUT2D eigenvalue weighted by atomic mass is 19.4. The largest absolute Gasteiger partial charge is 0.467 e. The van der Waals surface area contributed by atoms with E-state index >= 15 is 0 Å². The second-order valence-corrected chi connectivity index (χ2v) is 5.37. The second-order valence-electron chi connectivity index (χ2n) is 5.37. The molecule has 0 spiro atoms. The molecule has 0 heterocycles. The predicted molar refractivity (Wildman–Crippen MR) is 72.7 cm³/mol. The number of anilines is 1. The average molecular weight is 427 g/mol. The van der Waals surface area contributed by atoms with Crippen LogP contribution in [0, 0.1) is 0 Å². The van der Waals surface area contributed by atoms with Crippen molar-refractivity contribution in [2.45, 2.75) is 30.6 Å². The van der Waals surface area contributed by atoms with Gasteiger partial charge in [0.2, 0.25) is 5.91 Å². The molecule has 0 saturated carbocycles. The number of hydrogen-bond acceptors (Lipinski definition) is 4. The van der Waals surface area contributed by atoms with Gasteiger partial charge in [-0.25, -0.2) is 4.79 Å². The number of benzene rings is 1. The second kappa shape index (κ2) is 7.48. The number of alkyl halides is 9. The van der Waals surface area contributed by atoms with Gasteiger partial charge >= 0.3 is 24.5 Å². The van der Waals surface area contributed by atoms with Gasteiger partial charge in [-0.05, 0) is 18.2 Å². The third-order valence-corrected chi connectivity index (χ3v) is 3.28. The fourth-order valence-electron chi connectivity index (χ4n) is 1.92. The smallest absolute Gasteiger partial charge is 0.428 e. The monoisotopic (exact) mass is 427 g/mol. The summed E-state index contributed by atoms with van der Waals surface area (Å²) in [5.74, 6) is -4.19. The molecule has 1 atom stereocenters. The van der Waals surface area contributed by atoms with Crippen LogP contribution in [0.1, 0.15) is 17.5 Å². The number of halogens is 9. The molecule has 5 nitrogen and oxygen atoms in total. The number of carbonyl (C=O) groups is 2. The van der Waals surface area contributed by atoms with E-state index in [9.17, 15) is 54.2 Å². The van der Waals surface area contributed by atoms with Crippen molar-refractivity contribution < 1.29 is 58.9 Å². The van der Waals surface area contributed by atoms with Gasteiger partial charge in [0.05, 0.1) is 24.7 Å². The first kappa shape index (κ1) is 23.5. The summed E-state index contributed by atoms with van der Waals surface area (Å²) in [5, 5.41) is 10.8. The molecule has 1 rings (SSSR count). The van der Waals surface area contributed by atoms with E-state index in [1.807, 2.05) is 0 Å². The zero-order chi connectivity index (χ0) is 22.1. The van der Waals surface area contributed by atoms with E-state index in [0.29, 0.717) is 7.11 Å². The minimum Gasteiger partial charge on any atom is -0.467 e. The van der Waals surface area contributed by atoms with Crippen molar-refractivity contribution in [3.8, 4) is 0 Å². The number of hydrogen-bond donors (Lipinski definition) is 2. The van der Waals surface area contributed by atoms with Gasteiger partial charge in [0.1, 0.15) is 0 Å². The molecule has 1 aromatic rings. The Morgan fingerprint density at radius 3 is 1.68 bits per heavy atom. The normalized spacial score (nSPS) is 15.0. The Balaban J connectivity index is 3.26. The Morgan fingerprint density at radius 1 is 0.929 bits per heavy atom. The lowest BCUT2D eigenvalue weighted by molar-refractivity contribution is -0.261. The van der Waals surface area contributed by atoms with E-state index in [4.69, 9.17) is 0 Å². The van der Waals surface area contributed by atoms with E-state index < -0.39 is 59.2 Å². The summed E-state index contributed by atoms with van der Waals surface area (Å²) in [5.41, 5.74) is -9.18. The first-order chi connectivity index (χ1) is 12.4. The molecule has 1 amide bonds. The summed E-state index contributed by atoms with van der Waals surface area (Å²) >= 11 is 0. The molecule has 14 heteroatoms. The standard InChI is InChI=1S/C14H10F9NO4/c1-28-10(26)11(27,14(21,22)23)5-9(25)24-8-3-6(12(15,16)17)2-7(4-8)13(18,19)20/h2-4,27H,5H2,1H3,(H,24,25). The first-order valence-electron chi connectivity index (χ1n) is 6.88. The van der Waals surface area contributed by atoms with E-state index in [0.717, 1.165) is 0 Å². The number of methoxy groups -OCH3 is 1. The van der Waals surface area contributed by atoms with Gasteiger partial charge in [0.15, 0.2) is 0 Å². The lowest BCUT2D eigenvalue weighted by Crippen LogP contribution is -2.54. The van der Waals surface area contributed by atoms with Crippen LogP contribution in [0.3, 0.4) is 0 Å². The lowest BCUT2D eigenvalue weighted by Gasteiger charge is -2.27. The summed E-state index contributed by atoms with van der Waals surface area (Å²) in [6.07, 6.45) is -18.3. The van der Waals surface area contributed by atoms with Crippen LogP contribution in [0.5, 0.6) is 0 Å². The molecule has 0 aliphatic rings. The molecule has 0 saturated heterocycles. The van der Waals surface area contributed by atoms with Gasteiger partial charge in [0, 0.05) is 5.69 Å². The zero-order valence-corrected chi connectivity index (χ0v) is 13.5. The number of nitrogens with one attached hydrogen (secondary N) is 1. The maximum Gasteiger partial charge on any atom is 0.428 e. The Bertz CT molecular complexity index is 722. The van der Waals surface area contributed by atoms with Crippen LogP contribution in [-0.4, -0.2) is 35.9 Å². The molecule has 1 aromatic carbocycles. The van der Waals surface area contributed by atoms with Crippen molar-refractivity contribution in [3.05, 3.63) is 29.3 Å². The summed E-state index contributed by atoms with van der Waals surface area (Å²) in [6, 6.07) is -0.188. The SMILES string of the molecule is COC(=O)C(O)(CC(=O)Nc1cc(C(F)(F)F)cc(C(F)(F)F)c1)C(F)(F)F. The molecule has 0 aromatic heterocycles. The van der Waals surface area contributed by atoms with Gasteiger partial charge in [0.25, 0.3) is 5.60 Å². The molecular weight excluding hydrogens is 417 g/mol. The van der Waals surface area contributed by atoms with Crippen molar-refractivity contribution in [1.29, 1.82) is 0 Å². The molecule has 0 aliphatic heterocycles. The summed E-state index contributed by atoms with van der Waals surface area (Å²) < 4.78 is 119. The topological polar surface area (TPSA) is 75.6 Å². The highest BCUT2D eigenvalue weighted by Crippen LogP contribution is 2.38. The summed E-state index contributed by atoms with van der Waals surface area (Å²) in [6.45, 7) is 0. The maximum atomic E-state index is 12.9. The van der Waals surface area contributed by atoms with Gasteiger partial charge < -0.3 is 15.2 Å². The lowest BCUT2D eigenvalue weighted by atomic mass is 9.98. The van der Waals surface area contributed by atoms with Crippen LogP contribution in [0.15, 0.2) is 18.2 Å². The third-order valence-electron chi connectivity index (χ3n) is 3.28. The molecule has 0 radical (unpaired) electrons.